The molecule has 0 aliphatic rings. The topological polar surface area (TPSA) is 58.1 Å². The Morgan fingerprint density at radius 3 is 2.71 bits per heavy atom. The summed E-state index contributed by atoms with van der Waals surface area (Å²) in [5.74, 6) is 1.24. The standard InChI is InChI=1S/C13H16N2O2/c1-8-4-5-10(12(17-3)9(8)2)11(16)13-14-6-7-15-13/h4-7,11,16H,1-3H3,(H,14,15). The highest BCUT2D eigenvalue weighted by atomic mass is 16.5. The number of nitrogens with one attached hydrogen (secondary N) is 1. The zero-order chi connectivity index (χ0) is 12.4. The SMILES string of the molecule is COc1c(C(O)c2ncc[nH]2)ccc(C)c1C. The molecule has 0 aliphatic carbocycles. The van der Waals surface area contributed by atoms with Gasteiger partial charge in [0, 0.05) is 18.0 Å². The molecule has 0 amide bonds. The molecular formula is C13H16N2O2. The summed E-state index contributed by atoms with van der Waals surface area (Å²) >= 11 is 0. The van der Waals surface area contributed by atoms with Gasteiger partial charge in [0.15, 0.2) is 0 Å². The van der Waals surface area contributed by atoms with Crippen molar-refractivity contribution in [3.63, 3.8) is 0 Å². The first-order valence-corrected chi connectivity index (χ1v) is 5.46. The van der Waals surface area contributed by atoms with Gasteiger partial charge < -0.3 is 14.8 Å². The van der Waals surface area contributed by atoms with Crippen LogP contribution in [0.3, 0.4) is 0 Å². The summed E-state index contributed by atoms with van der Waals surface area (Å²) in [5, 5.41) is 10.2. The molecule has 2 N–H and O–H groups in total. The van der Waals surface area contributed by atoms with Gasteiger partial charge in [0.2, 0.25) is 0 Å². The van der Waals surface area contributed by atoms with E-state index in [4.69, 9.17) is 4.74 Å². The van der Waals surface area contributed by atoms with Crippen LogP contribution in [-0.2, 0) is 0 Å². The number of methoxy groups -OCH3 is 1. The molecule has 1 aromatic heterocycles. The molecule has 4 nitrogen and oxygen atoms in total. The number of aliphatic hydroxyl groups excluding tert-OH is 1. The lowest BCUT2D eigenvalue weighted by molar-refractivity contribution is 0.205. The van der Waals surface area contributed by atoms with E-state index in [2.05, 4.69) is 9.97 Å². The second-order valence-electron chi connectivity index (χ2n) is 4.01. The zero-order valence-corrected chi connectivity index (χ0v) is 10.2. The van der Waals surface area contributed by atoms with Gasteiger partial charge in [-0.3, -0.25) is 0 Å². The average Bonchev–Trinajstić information content (AvgIpc) is 2.85. The smallest absolute Gasteiger partial charge is 0.140 e. The fourth-order valence-corrected chi connectivity index (χ4v) is 1.87. The van der Waals surface area contributed by atoms with E-state index in [0.717, 1.165) is 16.7 Å². The molecule has 0 saturated heterocycles. The predicted molar refractivity (Wildman–Crippen MR) is 65.1 cm³/mol. The molecule has 0 saturated carbocycles. The van der Waals surface area contributed by atoms with Crippen LogP contribution in [0.5, 0.6) is 5.75 Å². The van der Waals surface area contributed by atoms with Crippen molar-refractivity contribution in [2.75, 3.05) is 7.11 Å². The molecule has 0 aliphatic heterocycles. The summed E-state index contributed by atoms with van der Waals surface area (Å²) in [7, 11) is 1.61. The molecule has 90 valence electrons. The Bertz CT molecular complexity index is 506. The van der Waals surface area contributed by atoms with E-state index < -0.39 is 6.10 Å². The number of aromatic nitrogens is 2. The van der Waals surface area contributed by atoms with Gasteiger partial charge in [0.05, 0.1) is 7.11 Å². The number of hydrogen-bond donors (Lipinski definition) is 2. The van der Waals surface area contributed by atoms with E-state index in [1.54, 1.807) is 19.5 Å². The minimum absolute atomic E-state index is 0.520. The van der Waals surface area contributed by atoms with Crippen LogP contribution in [0, 0.1) is 13.8 Å². The van der Waals surface area contributed by atoms with Gasteiger partial charge in [0.25, 0.3) is 0 Å². The highest BCUT2D eigenvalue weighted by Crippen LogP contribution is 2.32. The first kappa shape index (κ1) is 11.7. The fourth-order valence-electron chi connectivity index (χ4n) is 1.87. The average molecular weight is 232 g/mol. The minimum atomic E-state index is -0.792. The first-order valence-electron chi connectivity index (χ1n) is 5.46. The Labute approximate surface area is 100 Å². The van der Waals surface area contributed by atoms with Gasteiger partial charge in [-0.2, -0.15) is 0 Å². The monoisotopic (exact) mass is 232 g/mol. The van der Waals surface area contributed by atoms with E-state index in [9.17, 15) is 5.11 Å². The first-order chi connectivity index (χ1) is 8.15. The maximum absolute atomic E-state index is 10.2. The molecule has 2 aromatic rings. The molecule has 1 unspecified atom stereocenters. The summed E-state index contributed by atoms with van der Waals surface area (Å²) < 4.78 is 5.37. The van der Waals surface area contributed by atoms with Gasteiger partial charge in [-0.05, 0) is 25.0 Å². The number of ether oxygens (including phenoxy) is 1. The lowest BCUT2D eigenvalue weighted by atomic mass is 10.0. The Morgan fingerprint density at radius 1 is 1.35 bits per heavy atom. The number of imidazole rings is 1. The molecule has 17 heavy (non-hydrogen) atoms. The maximum Gasteiger partial charge on any atom is 0.140 e. The van der Waals surface area contributed by atoms with E-state index in [-0.39, 0.29) is 0 Å². The van der Waals surface area contributed by atoms with Gasteiger partial charge in [0.1, 0.15) is 17.7 Å². The minimum Gasteiger partial charge on any atom is -0.496 e. The summed E-state index contributed by atoms with van der Waals surface area (Å²) in [6, 6.07) is 3.84. The van der Waals surface area contributed by atoms with Gasteiger partial charge in [-0.1, -0.05) is 12.1 Å². The Kier molecular flexibility index (Phi) is 3.15. The summed E-state index contributed by atoms with van der Waals surface area (Å²) in [5.41, 5.74) is 2.90. The Balaban J connectivity index is 2.49. The van der Waals surface area contributed by atoms with E-state index in [0.29, 0.717) is 11.6 Å². The number of benzene rings is 1. The van der Waals surface area contributed by atoms with Crippen LogP contribution in [0.25, 0.3) is 0 Å². The van der Waals surface area contributed by atoms with Crippen molar-refractivity contribution in [2.24, 2.45) is 0 Å². The van der Waals surface area contributed by atoms with Crippen LogP contribution < -0.4 is 4.74 Å². The van der Waals surface area contributed by atoms with Crippen molar-refractivity contribution in [3.8, 4) is 5.75 Å². The number of rotatable bonds is 3. The molecule has 0 spiro atoms. The van der Waals surface area contributed by atoms with Crippen LogP contribution in [0.4, 0.5) is 0 Å². The lowest BCUT2D eigenvalue weighted by Gasteiger charge is -2.16. The number of H-pyrrole nitrogens is 1. The third-order valence-electron chi connectivity index (χ3n) is 2.98. The van der Waals surface area contributed by atoms with Crippen molar-refractivity contribution in [1.29, 1.82) is 0 Å². The second-order valence-corrected chi connectivity index (χ2v) is 4.01. The normalized spacial score (nSPS) is 12.5. The Hall–Kier alpha value is -1.81. The number of aromatic amines is 1. The number of aryl methyl sites for hydroxylation is 1. The highest BCUT2D eigenvalue weighted by Gasteiger charge is 2.19. The van der Waals surface area contributed by atoms with E-state index in [1.807, 2.05) is 26.0 Å². The van der Waals surface area contributed by atoms with Crippen LogP contribution in [0.15, 0.2) is 24.5 Å². The molecule has 2 rings (SSSR count). The fraction of sp³-hybridized carbons (Fsp3) is 0.308. The van der Waals surface area contributed by atoms with E-state index >= 15 is 0 Å². The molecule has 0 bridgehead atoms. The van der Waals surface area contributed by atoms with Crippen molar-refractivity contribution in [2.45, 2.75) is 20.0 Å². The molecular weight excluding hydrogens is 216 g/mol. The molecule has 1 heterocycles. The molecule has 4 heteroatoms. The maximum atomic E-state index is 10.2. The highest BCUT2D eigenvalue weighted by molar-refractivity contribution is 5.47. The quantitative estimate of drug-likeness (QED) is 0.852. The number of aliphatic hydroxyl groups is 1. The third-order valence-corrected chi connectivity index (χ3v) is 2.98. The second kappa shape index (κ2) is 4.59. The predicted octanol–water partition coefficient (Wildman–Crippen LogP) is 2.12. The van der Waals surface area contributed by atoms with Crippen LogP contribution in [-0.4, -0.2) is 22.2 Å². The van der Waals surface area contributed by atoms with Gasteiger partial charge in [-0.25, -0.2) is 4.98 Å². The molecule has 1 aromatic carbocycles. The zero-order valence-electron chi connectivity index (χ0n) is 10.2. The Morgan fingerprint density at radius 2 is 2.12 bits per heavy atom. The largest absolute Gasteiger partial charge is 0.496 e. The molecule has 0 fully saturated rings. The molecule has 0 radical (unpaired) electrons. The van der Waals surface area contributed by atoms with Gasteiger partial charge in [-0.15, -0.1) is 0 Å². The lowest BCUT2D eigenvalue weighted by Crippen LogP contribution is -2.06. The van der Waals surface area contributed by atoms with Crippen molar-refractivity contribution < 1.29 is 9.84 Å². The van der Waals surface area contributed by atoms with Crippen molar-refractivity contribution in [1.82, 2.24) is 9.97 Å². The summed E-state index contributed by atoms with van der Waals surface area (Å²) in [6.07, 6.45) is 2.51. The van der Waals surface area contributed by atoms with Crippen LogP contribution >= 0.6 is 0 Å². The van der Waals surface area contributed by atoms with Crippen LogP contribution in [0.1, 0.15) is 28.6 Å². The van der Waals surface area contributed by atoms with Crippen molar-refractivity contribution >= 4 is 0 Å². The number of nitrogens with zero attached hydrogens (tertiary/aromatic N) is 1. The van der Waals surface area contributed by atoms with Crippen LogP contribution in [0.2, 0.25) is 0 Å². The number of hydrogen-bond acceptors (Lipinski definition) is 3. The summed E-state index contributed by atoms with van der Waals surface area (Å²) in [4.78, 5) is 6.96. The van der Waals surface area contributed by atoms with E-state index in [1.165, 1.54) is 0 Å². The summed E-state index contributed by atoms with van der Waals surface area (Å²) in [6.45, 7) is 3.99. The molecule has 1 atom stereocenters. The van der Waals surface area contributed by atoms with Gasteiger partial charge >= 0.3 is 0 Å². The third kappa shape index (κ3) is 2.03. The van der Waals surface area contributed by atoms with Crippen molar-refractivity contribution in [3.05, 3.63) is 47.0 Å².